The van der Waals surface area contributed by atoms with Crippen LogP contribution in [0.5, 0.6) is 0 Å². The Balaban J connectivity index is 2.47. The summed E-state index contributed by atoms with van der Waals surface area (Å²) in [6.45, 7) is 0. The summed E-state index contributed by atoms with van der Waals surface area (Å²) in [5.74, 6) is -0.586. The first-order valence-corrected chi connectivity index (χ1v) is 6.62. The highest BCUT2D eigenvalue weighted by Gasteiger charge is 2.36. The van der Waals surface area contributed by atoms with Gasteiger partial charge in [0.1, 0.15) is 12.0 Å². The second-order valence-electron chi connectivity index (χ2n) is 3.82. The van der Waals surface area contributed by atoms with E-state index in [2.05, 4.69) is 0 Å². The van der Waals surface area contributed by atoms with Crippen molar-refractivity contribution in [1.82, 2.24) is 4.72 Å². The summed E-state index contributed by atoms with van der Waals surface area (Å²) >= 11 is 5.78. The van der Waals surface area contributed by atoms with Crippen LogP contribution in [0, 0.1) is 5.82 Å². The number of nitrogens with one attached hydrogen (secondary N) is 1. The van der Waals surface area contributed by atoms with Crippen molar-refractivity contribution in [3.05, 3.63) is 34.1 Å². The molecular weight excluding hydrogens is 274 g/mol. The van der Waals surface area contributed by atoms with Crippen molar-refractivity contribution in [1.29, 1.82) is 0 Å². The Morgan fingerprint density at radius 1 is 1.47 bits per heavy atom. The number of alkyl halides is 1. The summed E-state index contributed by atoms with van der Waals surface area (Å²) in [5.41, 5.74) is 0.596. The highest BCUT2D eigenvalue weighted by Crippen LogP contribution is 2.38. The molecule has 0 aliphatic heterocycles. The van der Waals surface area contributed by atoms with E-state index < -0.39 is 28.2 Å². The summed E-state index contributed by atoms with van der Waals surface area (Å²) in [6.07, 6.45) is -1.61. The fraction of sp³-hybridized carbons (Fsp3) is 0.333. The molecule has 0 saturated carbocycles. The van der Waals surface area contributed by atoms with Crippen molar-refractivity contribution in [3.63, 3.8) is 0 Å². The SMILES string of the molecule is NS(=O)(=O)N[C@@H]1c2c(Cl)cc(F)cc2C[C@H]1F. The maximum absolute atomic E-state index is 13.7. The summed E-state index contributed by atoms with van der Waals surface area (Å²) in [4.78, 5) is 0. The molecule has 1 aromatic rings. The minimum absolute atomic E-state index is 0.0127. The molecule has 0 aromatic heterocycles. The van der Waals surface area contributed by atoms with Crippen LogP contribution in [0.15, 0.2) is 12.1 Å². The Morgan fingerprint density at radius 3 is 2.71 bits per heavy atom. The third-order valence-electron chi connectivity index (χ3n) is 2.56. The molecule has 0 fully saturated rings. The van der Waals surface area contributed by atoms with Gasteiger partial charge < -0.3 is 0 Å². The Hall–Kier alpha value is -0.760. The van der Waals surface area contributed by atoms with Crippen LogP contribution >= 0.6 is 11.6 Å². The lowest BCUT2D eigenvalue weighted by Gasteiger charge is -2.15. The topological polar surface area (TPSA) is 72.2 Å². The van der Waals surface area contributed by atoms with Crippen molar-refractivity contribution in [2.45, 2.75) is 18.6 Å². The highest BCUT2D eigenvalue weighted by atomic mass is 35.5. The molecule has 0 saturated heterocycles. The van der Waals surface area contributed by atoms with Gasteiger partial charge in [0.25, 0.3) is 10.2 Å². The zero-order chi connectivity index (χ0) is 12.8. The number of benzene rings is 1. The van der Waals surface area contributed by atoms with E-state index in [1.54, 1.807) is 0 Å². The minimum atomic E-state index is -4.05. The van der Waals surface area contributed by atoms with Crippen LogP contribution in [-0.4, -0.2) is 14.6 Å². The molecule has 0 amide bonds. The molecule has 3 N–H and O–H groups in total. The fourth-order valence-electron chi connectivity index (χ4n) is 1.97. The zero-order valence-electron chi connectivity index (χ0n) is 8.45. The van der Waals surface area contributed by atoms with Crippen LogP contribution in [-0.2, 0) is 16.6 Å². The van der Waals surface area contributed by atoms with E-state index in [0.29, 0.717) is 5.56 Å². The van der Waals surface area contributed by atoms with Gasteiger partial charge in [-0.3, -0.25) is 0 Å². The highest BCUT2D eigenvalue weighted by molar-refractivity contribution is 7.87. The molecule has 0 unspecified atom stereocenters. The molecule has 1 aliphatic carbocycles. The van der Waals surface area contributed by atoms with Gasteiger partial charge in [0, 0.05) is 11.4 Å². The first-order chi connectivity index (χ1) is 7.78. The summed E-state index contributed by atoms with van der Waals surface area (Å²) in [5, 5.41) is 4.78. The van der Waals surface area contributed by atoms with Crippen LogP contribution in [0.4, 0.5) is 8.78 Å². The molecule has 2 rings (SSSR count). The summed E-state index contributed by atoms with van der Waals surface area (Å²) in [7, 11) is -4.05. The van der Waals surface area contributed by atoms with Gasteiger partial charge in [0.05, 0.1) is 6.04 Å². The molecule has 4 nitrogen and oxygen atoms in total. The van der Waals surface area contributed by atoms with E-state index in [-0.39, 0.29) is 17.0 Å². The molecule has 0 radical (unpaired) electrons. The number of halogens is 3. The van der Waals surface area contributed by atoms with Gasteiger partial charge in [-0.25, -0.2) is 13.9 Å². The van der Waals surface area contributed by atoms with E-state index in [9.17, 15) is 17.2 Å². The summed E-state index contributed by atoms with van der Waals surface area (Å²) < 4.78 is 50.5. The lowest BCUT2D eigenvalue weighted by atomic mass is 10.1. The molecule has 1 aromatic carbocycles. The smallest absolute Gasteiger partial charge is 0.245 e. The number of rotatable bonds is 2. The Kier molecular flexibility index (Phi) is 3.11. The predicted octanol–water partition coefficient (Wildman–Crippen LogP) is 1.21. The second kappa shape index (κ2) is 4.16. The van der Waals surface area contributed by atoms with Crippen LogP contribution in [0.2, 0.25) is 5.02 Å². The number of hydrogen-bond acceptors (Lipinski definition) is 2. The van der Waals surface area contributed by atoms with Crippen molar-refractivity contribution in [3.8, 4) is 0 Å². The third kappa shape index (κ3) is 2.57. The largest absolute Gasteiger partial charge is 0.275 e. The van der Waals surface area contributed by atoms with Crippen LogP contribution in [0.25, 0.3) is 0 Å². The molecule has 8 heteroatoms. The number of nitrogens with two attached hydrogens (primary N) is 1. The van der Waals surface area contributed by atoms with E-state index in [4.69, 9.17) is 16.7 Å². The van der Waals surface area contributed by atoms with Crippen molar-refractivity contribution >= 4 is 21.8 Å². The molecule has 2 atom stereocenters. The van der Waals surface area contributed by atoms with E-state index in [0.717, 1.165) is 12.1 Å². The molecule has 1 aliphatic rings. The number of hydrogen-bond donors (Lipinski definition) is 2. The Bertz CT molecular complexity index is 564. The lowest BCUT2D eigenvalue weighted by molar-refractivity contribution is 0.290. The van der Waals surface area contributed by atoms with Gasteiger partial charge in [0.2, 0.25) is 0 Å². The van der Waals surface area contributed by atoms with Crippen molar-refractivity contribution in [2.24, 2.45) is 5.14 Å². The average molecular weight is 283 g/mol. The van der Waals surface area contributed by atoms with E-state index in [1.807, 2.05) is 4.72 Å². The Morgan fingerprint density at radius 2 is 2.12 bits per heavy atom. The molecule has 0 spiro atoms. The van der Waals surface area contributed by atoms with Gasteiger partial charge in [-0.1, -0.05) is 11.6 Å². The standard InChI is InChI=1S/C9H9ClF2N2O2S/c10-6-3-5(11)1-4-2-7(12)9(8(4)6)14-17(13,15)16/h1,3,7,9,14H,2H2,(H2,13,15,16)/t7-,9+/m1/s1. The Labute approximate surface area is 102 Å². The second-order valence-corrected chi connectivity index (χ2v) is 5.55. The van der Waals surface area contributed by atoms with Gasteiger partial charge in [-0.15, -0.1) is 0 Å². The average Bonchev–Trinajstić information content (AvgIpc) is 2.39. The van der Waals surface area contributed by atoms with Gasteiger partial charge in [0.15, 0.2) is 0 Å². The molecule has 0 bridgehead atoms. The fourth-order valence-corrected chi connectivity index (χ4v) is 2.94. The van der Waals surface area contributed by atoms with E-state index >= 15 is 0 Å². The lowest BCUT2D eigenvalue weighted by Crippen LogP contribution is -2.37. The van der Waals surface area contributed by atoms with Gasteiger partial charge in [-0.05, 0) is 23.3 Å². The molecule has 17 heavy (non-hydrogen) atoms. The summed E-state index contributed by atoms with van der Waals surface area (Å²) in [6, 6.07) is 0.989. The number of fused-ring (bicyclic) bond motifs is 1. The van der Waals surface area contributed by atoms with Crippen LogP contribution < -0.4 is 9.86 Å². The van der Waals surface area contributed by atoms with Crippen molar-refractivity contribution in [2.75, 3.05) is 0 Å². The zero-order valence-corrected chi connectivity index (χ0v) is 10.0. The quantitative estimate of drug-likeness (QED) is 0.856. The van der Waals surface area contributed by atoms with E-state index in [1.165, 1.54) is 0 Å². The van der Waals surface area contributed by atoms with Crippen LogP contribution in [0.1, 0.15) is 17.2 Å². The third-order valence-corrected chi connectivity index (χ3v) is 3.45. The molecule has 0 heterocycles. The first-order valence-electron chi connectivity index (χ1n) is 4.70. The van der Waals surface area contributed by atoms with Crippen molar-refractivity contribution < 1.29 is 17.2 Å². The maximum atomic E-state index is 13.7. The predicted molar refractivity (Wildman–Crippen MR) is 59.0 cm³/mol. The first kappa shape index (κ1) is 12.7. The molecule has 94 valence electrons. The van der Waals surface area contributed by atoms with Gasteiger partial charge in [-0.2, -0.15) is 13.1 Å². The normalized spacial score (nSPS) is 23.8. The molecular formula is C9H9ClF2N2O2S. The van der Waals surface area contributed by atoms with Gasteiger partial charge >= 0.3 is 0 Å². The minimum Gasteiger partial charge on any atom is -0.245 e. The van der Waals surface area contributed by atoms with Crippen LogP contribution in [0.3, 0.4) is 0 Å². The monoisotopic (exact) mass is 282 g/mol. The maximum Gasteiger partial charge on any atom is 0.275 e.